The van der Waals surface area contributed by atoms with Crippen LogP contribution < -0.4 is 10.6 Å². The monoisotopic (exact) mass is 529 g/mol. The number of thiocarbonyl (C=S) groups is 1. The third-order valence-corrected chi connectivity index (χ3v) is 6.99. The second kappa shape index (κ2) is 14.9. The SMILES string of the molecule is C=CCN(CC=C)S(=O)(=O)c1ccc(NC(=S)NC(=O)CCC(=O)OCCCc2ccccc2)cc1. The number of hydrogen-bond acceptors (Lipinski definition) is 6. The van der Waals surface area contributed by atoms with Gasteiger partial charge in [-0.25, -0.2) is 8.42 Å². The highest BCUT2D eigenvalue weighted by atomic mass is 32.2. The third-order valence-electron chi connectivity index (χ3n) is 4.94. The molecule has 0 spiro atoms. The van der Waals surface area contributed by atoms with Crippen LogP contribution in [0.1, 0.15) is 24.8 Å². The van der Waals surface area contributed by atoms with Crippen molar-refractivity contribution in [3.63, 3.8) is 0 Å². The molecule has 0 aliphatic carbocycles. The van der Waals surface area contributed by atoms with Gasteiger partial charge in [0.05, 0.1) is 17.9 Å². The maximum atomic E-state index is 12.8. The number of nitrogens with one attached hydrogen (secondary N) is 2. The molecule has 2 N–H and O–H groups in total. The zero-order chi connectivity index (χ0) is 26.4. The summed E-state index contributed by atoms with van der Waals surface area (Å²) in [5, 5.41) is 5.35. The van der Waals surface area contributed by atoms with Gasteiger partial charge in [0, 0.05) is 25.2 Å². The Balaban J connectivity index is 1.74. The van der Waals surface area contributed by atoms with Crippen molar-refractivity contribution in [2.45, 2.75) is 30.6 Å². The molecule has 0 aliphatic heterocycles. The van der Waals surface area contributed by atoms with Gasteiger partial charge in [0.25, 0.3) is 0 Å². The van der Waals surface area contributed by atoms with E-state index in [-0.39, 0.29) is 35.9 Å². The summed E-state index contributed by atoms with van der Waals surface area (Å²) in [5.74, 6) is -0.881. The fourth-order valence-electron chi connectivity index (χ4n) is 3.16. The van der Waals surface area contributed by atoms with Crippen LogP contribution in [0, 0.1) is 0 Å². The van der Waals surface area contributed by atoms with Gasteiger partial charge in [0.15, 0.2) is 5.11 Å². The van der Waals surface area contributed by atoms with Gasteiger partial charge in [-0.3, -0.25) is 9.59 Å². The lowest BCUT2D eigenvalue weighted by atomic mass is 10.1. The Labute approximate surface area is 218 Å². The molecule has 2 aromatic carbocycles. The molecule has 0 heterocycles. The normalized spacial score (nSPS) is 10.9. The zero-order valence-electron chi connectivity index (χ0n) is 20.0. The van der Waals surface area contributed by atoms with Crippen LogP contribution in [-0.4, -0.2) is 49.4 Å². The second-order valence-corrected chi connectivity index (χ2v) is 10.1. The van der Waals surface area contributed by atoms with E-state index in [0.717, 1.165) is 6.42 Å². The Morgan fingerprint density at radius 3 is 2.22 bits per heavy atom. The van der Waals surface area contributed by atoms with Crippen LogP contribution in [0.4, 0.5) is 5.69 Å². The van der Waals surface area contributed by atoms with Crippen LogP contribution in [0.25, 0.3) is 0 Å². The number of ether oxygens (including phenoxy) is 1. The minimum Gasteiger partial charge on any atom is -0.466 e. The average molecular weight is 530 g/mol. The van der Waals surface area contributed by atoms with Gasteiger partial charge >= 0.3 is 5.97 Å². The molecule has 8 nitrogen and oxygen atoms in total. The summed E-state index contributed by atoms with van der Waals surface area (Å²) in [6, 6.07) is 15.9. The first-order valence-electron chi connectivity index (χ1n) is 11.4. The first-order valence-corrected chi connectivity index (χ1v) is 13.2. The van der Waals surface area contributed by atoms with Gasteiger partial charge in [-0.15, -0.1) is 13.2 Å². The minimum absolute atomic E-state index is 0.0341. The molecule has 1 amide bonds. The molecule has 2 aromatic rings. The summed E-state index contributed by atoms with van der Waals surface area (Å²) in [6.07, 6.45) is 4.39. The first kappa shape index (κ1) is 28.9. The highest BCUT2D eigenvalue weighted by Crippen LogP contribution is 2.18. The van der Waals surface area contributed by atoms with Crippen molar-refractivity contribution in [1.82, 2.24) is 9.62 Å². The van der Waals surface area contributed by atoms with Crippen molar-refractivity contribution >= 4 is 44.9 Å². The van der Waals surface area contributed by atoms with Crippen LogP contribution >= 0.6 is 12.2 Å². The number of aryl methyl sites for hydroxylation is 1. The van der Waals surface area contributed by atoms with Gasteiger partial charge < -0.3 is 15.4 Å². The van der Waals surface area contributed by atoms with E-state index in [1.165, 1.54) is 46.3 Å². The number of esters is 1. The zero-order valence-corrected chi connectivity index (χ0v) is 21.7. The molecule has 0 aromatic heterocycles. The summed E-state index contributed by atoms with van der Waals surface area (Å²) in [5.41, 5.74) is 1.67. The summed E-state index contributed by atoms with van der Waals surface area (Å²) in [4.78, 5) is 24.1. The molecule has 0 aliphatic rings. The van der Waals surface area contributed by atoms with Gasteiger partial charge in [0.1, 0.15) is 0 Å². The highest BCUT2D eigenvalue weighted by molar-refractivity contribution is 7.89. The van der Waals surface area contributed by atoms with Gasteiger partial charge in [-0.1, -0.05) is 42.5 Å². The lowest BCUT2D eigenvalue weighted by molar-refractivity contribution is -0.145. The van der Waals surface area contributed by atoms with E-state index >= 15 is 0 Å². The number of amides is 1. The Morgan fingerprint density at radius 2 is 1.61 bits per heavy atom. The lowest BCUT2D eigenvalue weighted by Gasteiger charge is -2.19. The molecular weight excluding hydrogens is 498 g/mol. The van der Waals surface area contributed by atoms with Crippen LogP contribution in [0.15, 0.2) is 84.8 Å². The quantitative estimate of drug-likeness (QED) is 0.166. The number of hydrogen-bond donors (Lipinski definition) is 2. The predicted octanol–water partition coefficient (Wildman–Crippen LogP) is 3.82. The van der Waals surface area contributed by atoms with Crippen LogP contribution in [0.5, 0.6) is 0 Å². The van der Waals surface area contributed by atoms with Crippen LogP contribution in [0.2, 0.25) is 0 Å². The van der Waals surface area contributed by atoms with E-state index in [9.17, 15) is 18.0 Å². The summed E-state index contributed by atoms with van der Waals surface area (Å²) < 4.78 is 31.9. The molecule has 0 unspecified atom stereocenters. The number of anilines is 1. The molecule has 0 saturated carbocycles. The smallest absolute Gasteiger partial charge is 0.306 e. The third kappa shape index (κ3) is 9.73. The van der Waals surface area contributed by atoms with E-state index in [1.54, 1.807) is 0 Å². The van der Waals surface area contributed by atoms with Crippen molar-refractivity contribution in [2.75, 3.05) is 25.0 Å². The highest BCUT2D eigenvalue weighted by Gasteiger charge is 2.22. The van der Waals surface area contributed by atoms with Crippen LogP contribution in [-0.2, 0) is 30.8 Å². The molecule has 0 radical (unpaired) electrons. The fourth-order valence-corrected chi connectivity index (χ4v) is 4.78. The van der Waals surface area contributed by atoms with E-state index in [4.69, 9.17) is 17.0 Å². The average Bonchev–Trinajstić information content (AvgIpc) is 2.86. The number of sulfonamides is 1. The maximum Gasteiger partial charge on any atom is 0.306 e. The number of rotatable bonds is 14. The number of nitrogens with zero attached hydrogens (tertiary/aromatic N) is 1. The molecule has 0 fully saturated rings. The minimum atomic E-state index is -3.71. The molecule has 192 valence electrons. The molecule has 0 bridgehead atoms. The second-order valence-electron chi connectivity index (χ2n) is 7.74. The molecule has 0 atom stereocenters. The molecule has 2 rings (SSSR count). The van der Waals surface area contributed by atoms with Crippen molar-refractivity contribution in [3.05, 3.63) is 85.5 Å². The summed E-state index contributed by atoms with van der Waals surface area (Å²) >= 11 is 5.13. The number of carbonyl (C=O) groups excluding carboxylic acids is 2. The van der Waals surface area contributed by atoms with E-state index in [0.29, 0.717) is 18.7 Å². The number of benzene rings is 2. The topological polar surface area (TPSA) is 105 Å². The molecule has 36 heavy (non-hydrogen) atoms. The van der Waals surface area contributed by atoms with Crippen molar-refractivity contribution in [2.24, 2.45) is 0 Å². The fraction of sp³-hybridized carbons (Fsp3) is 0.269. The molecular formula is C26H31N3O5S2. The molecule has 0 saturated heterocycles. The van der Waals surface area contributed by atoms with Crippen molar-refractivity contribution in [3.8, 4) is 0 Å². The van der Waals surface area contributed by atoms with Gasteiger partial charge in [-0.05, 0) is 54.9 Å². The van der Waals surface area contributed by atoms with Crippen molar-refractivity contribution < 1.29 is 22.7 Å². The number of carbonyl (C=O) groups is 2. The van der Waals surface area contributed by atoms with Crippen LogP contribution in [0.3, 0.4) is 0 Å². The Bertz CT molecular complexity index is 1140. The van der Waals surface area contributed by atoms with Crippen molar-refractivity contribution in [1.29, 1.82) is 0 Å². The van der Waals surface area contributed by atoms with Gasteiger partial charge in [-0.2, -0.15) is 4.31 Å². The Kier molecular flexibility index (Phi) is 12.0. The Hall–Kier alpha value is -3.34. The molecule has 10 heteroatoms. The largest absolute Gasteiger partial charge is 0.466 e. The van der Waals surface area contributed by atoms with E-state index in [1.807, 2.05) is 30.3 Å². The first-order chi connectivity index (χ1) is 17.3. The van der Waals surface area contributed by atoms with E-state index < -0.39 is 21.9 Å². The summed E-state index contributed by atoms with van der Waals surface area (Å²) in [6.45, 7) is 7.78. The summed E-state index contributed by atoms with van der Waals surface area (Å²) in [7, 11) is -3.71. The van der Waals surface area contributed by atoms with E-state index in [2.05, 4.69) is 23.8 Å². The Morgan fingerprint density at radius 1 is 0.972 bits per heavy atom. The maximum absolute atomic E-state index is 12.8. The predicted molar refractivity (Wildman–Crippen MR) is 145 cm³/mol. The lowest BCUT2D eigenvalue weighted by Crippen LogP contribution is -2.34. The van der Waals surface area contributed by atoms with Gasteiger partial charge in [0.2, 0.25) is 15.9 Å². The standard InChI is InChI=1S/C26H31N3O5S2/c1-3-18-29(19-4-2)36(32,33)23-14-12-22(13-15-23)27-26(35)28-24(30)16-17-25(31)34-20-8-11-21-9-6-5-7-10-21/h3-7,9-10,12-15H,1-2,8,11,16-20H2,(H2,27,28,30,35).